The second kappa shape index (κ2) is 9.02. The van der Waals surface area contributed by atoms with Gasteiger partial charge in [0.1, 0.15) is 5.65 Å². The summed E-state index contributed by atoms with van der Waals surface area (Å²) in [4.78, 5) is 32.7. The molecule has 0 saturated heterocycles. The van der Waals surface area contributed by atoms with Crippen LogP contribution in [0.1, 0.15) is 12.1 Å². The number of aromatic nitrogens is 5. The maximum absolute atomic E-state index is 13.5. The Morgan fingerprint density at radius 3 is 2.62 bits per heavy atom. The Hall–Kier alpha value is -3.36. The van der Waals surface area contributed by atoms with E-state index in [9.17, 15) is 4.79 Å². The summed E-state index contributed by atoms with van der Waals surface area (Å²) in [6, 6.07) is 7.31. The minimum absolute atomic E-state index is 0.132. The summed E-state index contributed by atoms with van der Waals surface area (Å²) in [5.74, 6) is 0.132. The molecule has 2 N–H and O–H groups in total. The summed E-state index contributed by atoms with van der Waals surface area (Å²) in [6.45, 7) is 3.23. The Balaban J connectivity index is 1.83. The molecule has 0 atom stereocenters. The van der Waals surface area contributed by atoms with Gasteiger partial charge in [-0.3, -0.25) is 14.3 Å². The molecule has 0 saturated carbocycles. The molecule has 3 heterocycles. The Labute approximate surface area is 190 Å². The molecule has 4 aromatic rings. The lowest BCUT2D eigenvalue weighted by Gasteiger charge is -2.15. The number of nitrogen functional groups attached to an aromatic ring is 1. The molecule has 0 radical (unpaired) electrons. The highest BCUT2D eigenvalue weighted by Crippen LogP contribution is 2.31. The van der Waals surface area contributed by atoms with E-state index in [1.807, 2.05) is 33.2 Å². The number of benzene rings is 1. The van der Waals surface area contributed by atoms with E-state index in [4.69, 9.17) is 17.3 Å². The third kappa shape index (κ3) is 4.46. The van der Waals surface area contributed by atoms with Gasteiger partial charge in [0.2, 0.25) is 5.95 Å². The largest absolute Gasteiger partial charge is 0.368 e. The number of hydrogen-bond acceptors (Lipinski definition) is 7. The molecule has 164 valence electrons. The number of aryl methyl sites for hydroxylation is 2. The predicted octanol–water partition coefficient (Wildman–Crippen LogP) is 3.41. The van der Waals surface area contributed by atoms with Gasteiger partial charge in [-0.2, -0.15) is 4.98 Å². The van der Waals surface area contributed by atoms with E-state index < -0.39 is 0 Å². The topological polar surface area (TPSA) is 103 Å². The summed E-state index contributed by atoms with van der Waals surface area (Å²) in [7, 11) is 3.99. The van der Waals surface area contributed by atoms with E-state index in [-0.39, 0.29) is 11.5 Å². The van der Waals surface area contributed by atoms with Crippen LogP contribution in [0.15, 0.2) is 47.7 Å². The molecule has 8 nitrogen and oxygen atoms in total. The molecule has 32 heavy (non-hydrogen) atoms. The number of nitrogens with two attached hydrogens (primary N) is 1. The van der Waals surface area contributed by atoms with Crippen LogP contribution < -0.4 is 11.3 Å². The van der Waals surface area contributed by atoms with E-state index in [1.165, 1.54) is 0 Å². The lowest BCUT2D eigenvalue weighted by molar-refractivity contribution is 0.386. The Kier molecular flexibility index (Phi) is 6.16. The molecule has 0 spiro atoms. The van der Waals surface area contributed by atoms with Crippen molar-refractivity contribution in [1.82, 2.24) is 29.4 Å². The van der Waals surface area contributed by atoms with Crippen molar-refractivity contribution in [2.45, 2.75) is 19.9 Å². The lowest BCUT2D eigenvalue weighted by Crippen LogP contribution is -2.25. The van der Waals surface area contributed by atoms with Crippen molar-refractivity contribution in [2.75, 3.05) is 26.4 Å². The van der Waals surface area contributed by atoms with Crippen molar-refractivity contribution < 1.29 is 0 Å². The van der Waals surface area contributed by atoms with Crippen LogP contribution in [0.3, 0.4) is 0 Å². The molecule has 9 heteroatoms. The molecule has 0 aliphatic rings. The first-order valence-electron chi connectivity index (χ1n) is 10.2. The highest BCUT2D eigenvalue weighted by atomic mass is 35.5. The van der Waals surface area contributed by atoms with Crippen LogP contribution in [0.25, 0.3) is 33.4 Å². The van der Waals surface area contributed by atoms with Crippen LogP contribution in [0, 0.1) is 6.92 Å². The number of hydrogen-bond donors (Lipinski definition) is 1. The van der Waals surface area contributed by atoms with Gasteiger partial charge in [0, 0.05) is 46.0 Å². The number of fused-ring (bicyclic) bond motifs is 1. The first-order chi connectivity index (χ1) is 15.3. The van der Waals surface area contributed by atoms with E-state index in [0.717, 1.165) is 35.3 Å². The number of pyridine rings is 1. The van der Waals surface area contributed by atoms with E-state index in [1.54, 1.807) is 35.3 Å². The van der Waals surface area contributed by atoms with E-state index in [0.29, 0.717) is 28.3 Å². The quantitative estimate of drug-likeness (QED) is 0.481. The highest BCUT2D eigenvalue weighted by molar-refractivity contribution is 6.33. The van der Waals surface area contributed by atoms with Gasteiger partial charge in [-0.15, -0.1) is 0 Å². The molecule has 0 aliphatic carbocycles. The fraction of sp³-hybridized carbons (Fsp3) is 0.261. The molecule has 3 aromatic heterocycles. The predicted molar refractivity (Wildman–Crippen MR) is 128 cm³/mol. The summed E-state index contributed by atoms with van der Waals surface area (Å²) in [5, 5.41) is 1.18. The molecule has 0 amide bonds. The lowest BCUT2D eigenvalue weighted by atomic mass is 10.0. The number of anilines is 1. The first-order valence-corrected chi connectivity index (χ1v) is 10.6. The highest BCUT2D eigenvalue weighted by Gasteiger charge is 2.16. The van der Waals surface area contributed by atoms with Gasteiger partial charge in [-0.1, -0.05) is 23.7 Å². The molecule has 0 unspecified atom stereocenters. The third-order valence-electron chi connectivity index (χ3n) is 5.14. The summed E-state index contributed by atoms with van der Waals surface area (Å²) >= 11 is 6.65. The van der Waals surface area contributed by atoms with Gasteiger partial charge in [0.15, 0.2) is 0 Å². The standard InChI is InChI=1S/C23H24ClN7O/c1-14-11-26-13-20(28-14)15-5-6-17(19(24)10-15)18-9-16-12-27-23(25)29-21(16)31(22(18)32)8-4-7-30(2)3/h5-6,9-13H,4,7-8H2,1-3H3,(H2,25,27,29). The van der Waals surface area contributed by atoms with Gasteiger partial charge < -0.3 is 10.6 Å². The zero-order valence-corrected chi connectivity index (χ0v) is 19.0. The van der Waals surface area contributed by atoms with Gasteiger partial charge >= 0.3 is 0 Å². The maximum atomic E-state index is 13.5. The van der Waals surface area contributed by atoms with Gasteiger partial charge in [-0.25, -0.2) is 9.97 Å². The first kappa shape index (κ1) is 21.9. The van der Waals surface area contributed by atoms with Crippen LogP contribution in [0.5, 0.6) is 0 Å². The van der Waals surface area contributed by atoms with Crippen molar-refractivity contribution in [1.29, 1.82) is 0 Å². The zero-order valence-electron chi connectivity index (χ0n) is 18.2. The molecule has 0 aliphatic heterocycles. The smallest absolute Gasteiger partial charge is 0.260 e. The molecule has 1 aromatic carbocycles. The summed E-state index contributed by atoms with van der Waals surface area (Å²) in [6.07, 6.45) is 5.80. The van der Waals surface area contributed by atoms with Gasteiger partial charge in [0.25, 0.3) is 5.56 Å². The summed E-state index contributed by atoms with van der Waals surface area (Å²) in [5.41, 5.74) is 9.65. The summed E-state index contributed by atoms with van der Waals surface area (Å²) < 4.78 is 1.66. The second-order valence-electron chi connectivity index (χ2n) is 7.92. The van der Waals surface area contributed by atoms with Crippen LogP contribution >= 0.6 is 11.6 Å². The van der Waals surface area contributed by atoms with Crippen LogP contribution in [0.4, 0.5) is 5.95 Å². The Morgan fingerprint density at radius 1 is 1.09 bits per heavy atom. The van der Waals surface area contributed by atoms with Crippen LogP contribution in [0.2, 0.25) is 5.02 Å². The van der Waals surface area contributed by atoms with Crippen LogP contribution in [-0.2, 0) is 6.54 Å². The minimum atomic E-state index is -0.167. The average molecular weight is 450 g/mol. The van der Waals surface area contributed by atoms with Crippen LogP contribution in [-0.4, -0.2) is 50.0 Å². The van der Waals surface area contributed by atoms with E-state index >= 15 is 0 Å². The average Bonchev–Trinajstić information content (AvgIpc) is 2.75. The SMILES string of the molecule is Cc1cncc(-c2ccc(-c3cc4cnc(N)nc4n(CCCN(C)C)c3=O)c(Cl)c2)n1. The molecule has 4 rings (SSSR count). The molecular formula is C23H24ClN7O. The van der Waals surface area contributed by atoms with Gasteiger partial charge in [0.05, 0.1) is 17.6 Å². The van der Waals surface area contributed by atoms with Gasteiger partial charge in [-0.05, 0) is 46.1 Å². The Morgan fingerprint density at radius 2 is 1.91 bits per heavy atom. The maximum Gasteiger partial charge on any atom is 0.260 e. The number of nitrogens with zero attached hydrogens (tertiary/aromatic N) is 6. The van der Waals surface area contributed by atoms with Crippen molar-refractivity contribution >= 4 is 28.6 Å². The number of halogens is 1. The molecular weight excluding hydrogens is 426 g/mol. The van der Waals surface area contributed by atoms with Crippen molar-refractivity contribution in [3.8, 4) is 22.4 Å². The Bertz CT molecular complexity index is 1350. The van der Waals surface area contributed by atoms with Crippen molar-refractivity contribution in [3.05, 3.63) is 63.9 Å². The second-order valence-corrected chi connectivity index (χ2v) is 8.33. The normalized spacial score (nSPS) is 11.4. The minimum Gasteiger partial charge on any atom is -0.368 e. The molecule has 0 bridgehead atoms. The third-order valence-corrected chi connectivity index (χ3v) is 5.46. The zero-order chi connectivity index (χ0) is 22.8. The molecule has 0 fully saturated rings. The van der Waals surface area contributed by atoms with Crippen molar-refractivity contribution in [2.24, 2.45) is 0 Å². The van der Waals surface area contributed by atoms with Crippen molar-refractivity contribution in [3.63, 3.8) is 0 Å². The number of rotatable bonds is 6. The van der Waals surface area contributed by atoms with E-state index in [2.05, 4.69) is 24.8 Å². The fourth-order valence-corrected chi connectivity index (χ4v) is 3.90. The monoisotopic (exact) mass is 449 g/mol. The fourth-order valence-electron chi connectivity index (χ4n) is 3.61.